The summed E-state index contributed by atoms with van der Waals surface area (Å²) in [6, 6.07) is 12.4. The van der Waals surface area contributed by atoms with E-state index in [1.54, 1.807) is 24.3 Å². The molecule has 0 aromatic heterocycles. The number of hydrogen-bond donors (Lipinski definition) is 2. The molecule has 2 aromatic carbocycles. The number of ether oxygens (including phenoxy) is 1. The molecule has 0 aliphatic carbocycles. The summed E-state index contributed by atoms with van der Waals surface area (Å²) in [6.07, 6.45) is -0.582. The topological polar surface area (TPSA) is 52.9 Å². The van der Waals surface area contributed by atoms with E-state index in [1.165, 1.54) is 7.11 Å². The molecular weight excluding hydrogens is 302 g/mol. The van der Waals surface area contributed by atoms with E-state index in [0.717, 1.165) is 11.1 Å². The van der Waals surface area contributed by atoms with Crippen LogP contribution in [-0.2, 0) is 6.54 Å². The summed E-state index contributed by atoms with van der Waals surface area (Å²) < 4.78 is 5.10. The zero-order valence-corrected chi connectivity index (χ0v) is 13.4. The van der Waals surface area contributed by atoms with E-state index in [9.17, 15) is 10.2 Å². The number of methoxy groups -OCH3 is 1. The van der Waals surface area contributed by atoms with E-state index in [1.807, 2.05) is 30.1 Å². The molecule has 0 radical (unpaired) electrons. The Morgan fingerprint density at radius 2 is 1.86 bits per heavy atom. The largest absolute Gasteiger partial charge is 0.504 e. The molecule has 22 heavy (non-hydrogen) atoms. The quantitative estimate of drug-likeness (QED) is 0.857. The van der Waals surface area contributed by atoms with Crippen LogP contribution in [0.2, 0.25) is 5.02 Å². The first-order valence-corrected chi connectivity index (χ1v) is 7.35. The molecule has 0 saturated heterocycles. The fourth-order valence-electron chi connectivity index (χ4n) is 2.28. The number of benzene rings is 2. The van der Waals surface area contributed by atoms with E-state index in [2.05, 4.69) is 0 Å². The van der Waals surface area contributed by atoms with Crippen LogP contribution in [0.4, 0.5) is 0 Å². The molecule has 118 valence electrons. The lowest BCUT2D eigenvalue weighted by Crippen LogP contribution is -2.24. The van der Waals surface area contributed by atoms with Crippen LogP contribution >= 0.6 is 11.6 Å². The summed E-state index contributed by atoms with van der Waals surface area (Å²) in [7, 11) is 3.45. The highest BCUT2D eigenvalue weighted by molar-refractivity contribution is 6.30. The van der Waals surface area contributed by atoms with Crippen LogP contribution < -0.4 is 4.74 Å². The minimum Gasteiger partial charge on any atom is -0.504 e. The average Bonchev–Trinajstić information content (AvgIpc) is 2.49. The Morgan fingerprint density at radius 1 is 1.18 bits per heavy atom. The van der Waals surface area contributed by atoms with Gasteiger partial charge in [0.05, 0.1) is 13.2 Å². The number of phenols is 1. The molecule has 5 heteroatoms. The number of aliphatic hydroxyl groups excluding tert-OH is 1. The molecule has 0 bridgehead atoms. The Morgan fingerprint density at radius 3 is 2.50 bits per heavy atom. The Hall–Kier alpha value is -1.75. The number of halogens is 1. The monoisotopic (exact) mass is 321 g/mol. The van der Waals surface area contributed by atoms with Gasteiger partial charge in [-0.2, -0.15) is 0 Å². The summed E-state index contributed by atoms with van der Waals surface area (Å²) in [4.78, 5) is 2.01. The highest BCUT2D eigenvalue weighted by Crippen LogP contribution is 2.27. The lowest BCUT2D eigenvalue weighted by atomic mass is 10.1. The van der Waals surface area contributed by atoms with Crippen molar-refractivity contribution >= 4 is 11.6 Å². The van der Waals surface area contributed by atoms with Crippen LogP contribution in [0.3, 0.4) is 0 Å². The molecule has 4 nitrogen and oxygen atoms in total. The van der Waals surface area contributed by atoms with Crippen molar-refractivity contribution < 1.29 is 14.9 Å². The van der Waals surface area contributed by atoms with Crippen LogP contribution in [-0.4, -0.2) is 35.8 Å². The molecule has 2 N–H and O–H groups in total. The molecule has 0 heterocycles. The van der Waals surface area contributed by atoms with Crippen LogP contribution in [0.1, 0.15) is 17.2 Å². The number of aliphatic hydroxyl groups is 1. The summed E-state index contributed by atoms with van der Waals surface area (Å²) in [5.41, 5.74) is 1.83. The van der Waals surface area contributed by atoms with Crippen molar-refractivity contribution in [2.24, 2.45) is 0 Å². The van der Waals surface area contributed by atoms with E-state index < -0.39 is 6.10 Å². The molecule has 0 saturated carbocycles. The molecule has 0 aliphatic rings. The molecule has 1 unspecified atom stereocenters. The van der Waals surface area contributed by atoms with Crippen molar-refractivity contribution in [1.82, 2.24) is 4.90 Å². The number of aromatic hydroxyl groups is 1. The Bertz CT molecular complexity index is 616. The Balaban J connectivity index is 1.97. The maximum atomic E-state index is 10.3. The van der Waals surface area contributed by atoms with Gasteiger partial charge >= 0.3 is 0 Å². The first kappa shape index (κ1) is 16.6. The minimum atomic E-state index is -0.582. The predicted molar refractivity (Wildman–Crippen MR) is 87.4 cm³/mol. The lowest BCUT2D eigenvalue weighted by Gasteiger charge is -2.21. The SMILES string of the molecule is COc1cc(CN(C)CC(O)c2ccc(Cl)cc2)ccc1O. The Labute approximate surface area is 135 Å². The minimum absolute atomic E-state index is 0.120. The summed E-state index contributed by atoms with van der Waals surface area (Å²) in [5, 5.41) is 20.5. The highest BCUT2D eigenvalue weighted by Gasteiger charge is 2.12. The van der Waals surface area contributed by atoms with Gasteiger partial charge < -0.3 is 14.9 Å². The van der Waals surface area contributed by atoms with Crippen LogP contribution in [0.25, 0.3) is 0 Å². The average molecular weight is 322 g/mol. The zero-order chi connectivity index (χ0) is 16.1. The second kappa shape index (κ2) is 7.49. The van der Waals surface area contributed by atoms with Gasteiger partial charge in [-0.1, -0.05) is 29.8 Å². The highest BCUT2D eigenvalue weighted by atomic mass is 35.5. The zero-order valence-electron chi connectivity index (χ0n) is 12.7. The number of nitrogens with zero attached hydrogens (tertiary/aromatic N) is 1. The number of likely N-dealkylation sites (N-methyl/N-ethyl adjacent to an activating group) is 1. The maximum Gasteiger partial charge on any atom is 0.160 e. The van der Waals surface area contributed by atoms with Crippen molar-refractivity contribution in [3.8, 4) is 11.5 Å². The second-order valence-electron chi connectivity index (χ2n) is 5.27. The number of phenolic OH excluding ortho intramolecular Hbond substituents is 1. The number of rotatable bonds is 6. The van der Waals surface area contributed by atoms with E-state index >= 15 is 0 Å². The van der Waals surface area contributed by atoms with E-state index in [-0.39, 0.29) is 5.75 Å². The van der Waals surface area contributed by atoms with Crippen LogP contribution in [0, 0.1) is 0 Å². The van der Waals surface area contributed by atoms with Gasteiger partial charge in [0.25, 0.3) is 0 Å². The molecule has 0 amide bonds. The fourth-order valence-corrected chi connectivity index (χ4v) is 2.41. The van der Waals surface area contributed by atoms with Crippen molar-refractivity contribution in [3.05, 3.63) is 58.6 Å². The molecule has 2 rings (SSSR count). The fraction of sp³-hybridized carbons (Fsp3) is 0.294. The first-order chi connectivity index (χ1) is 10.5. The molecule has 0 spiro atoms. The third-order valence-electron chi connectivity index (χ3n) is 3.44. The van der Waals surface area contributed by atoms with Gasteiger partial charge in [0, 0.05) is 18.1 Å². The normalized spacial score (nSPS) is 12.4. The van der Waals surface area contributed by atoms with Gasteiger partial charge in [-0.15, -0.1) is 0 Å². The van der Waals surface area contributed by atoms with Crippen molar-refractivity contribution in [1.29, 1.82) is 0 Å². The van der Waals surface area contributed by atoms with E-state index in [0.29, 0.717) is 23.9 Å². The van der Waals surface area contributed by atoms with Gasteiger partial charge in [-0.05, 0) is 42.4 Å². The molecule has 0 fully saturated rings. The third kappa shape index (κ3) is 4.37. The molecule has 1 atom stereocenters. The summed E-state index contributed by atoms with van der Waals surface area (Å²) in [5.74, 6) is 0.569. The third-order valence-corrected chi connectivity index (χ3v) is 3.69. The summed E-state index contributed by atoms with van der Waals surface area (Å²) >= 11 is 5.85. The maximum absolute atomic E-state index is 10.3. The molecule has 0 aliphatic heterocycles. The van der Waals surface area contributed by atoms with Crippen molar-refractivity contribution in [2.45, 2.75) is 12.6 Å². The van der Waals surface area contributed by atoms with Gasteiger partial charge in [0.2, 0.25) is 0 Å². The molecule has 2 aromatic rings. The van der Waals surface area contributed by atoms with Gasteiger partial charge in [-0.3, -0.25) is 4.90 Å². The van der Waals surface area contributed by atoms with Crippen LogP contribution in [0.15, 0.2) is 42.5 Å². The standard InChI is InChI=1S/C17H20ClNO3/c1-19(10-12-3-8-15(20)17(9-12)22-2)11-16(21)13-4-6-14(18)7-5-13/h3-9,16,20-21H,10-11H2,1-2H3. The first-order valence-electron chi connectivity index (χ1n) is 6.97. The Kier molecular flexibility index (Phi) is 5.66. The van der Waals surface area contributed by atoms with Crippen LogP contribution in [0.5, 0.6) is 11.5 Å². The smallest absolute Gasteiger partial charge is 0.160 e. The summed E-state index contributed by atoms with van der Waals surface area (Å²) in [6.45, 7) is 1.13. The number of hydrogen-bond acceptors (Lipinski definition) is 4. The van der Waals surface area contributed by atoms with Gasteiger partial charge in [0.1, 0.15) is 0 Å². The molecular formula is C17H20ClNO3. The van der Waals surface area contributed by atoms with Gasteiger partial charge in [0.15, 0.2) is 11.5 Å². The lowest BCUT2D eigenvalue weighted by molar-refractivity contribution is 0.124. The van der Waals surface area contributed by atoms with Crippen molar-refractivity contribution in [2.75, 3.05) is 20.7 Å². The second-order valence-corrected chi connectivity index (χ2v) is 5.71. The van der Waals surface area contributed by atoms with Crippen molar-refractivity contribution in [3.63, 3.8) is 0 Å². The van der Waals surface area contributed by atoms with E-state index in [4.69, 9.17) is 16.3 Å². The van der Waals surface area contributed by atoms with Gasteiger partial charge in [-0.25, -0.2) is 0 Å². The predicted octanol–water partition coefficient (Wildman–Crippen LogP) is 3.22.